The Balaban J connectivity index is 1.40. The molecule has 0 unspecified atom stereocenters. The van der Waals surface area contributed by atoms with Gasteiger partial charge in [0.25, 0.3) is 22.2 Å². The molecule has 5 aromatic carbocycles. The van der Waals surface area contributed by atoms with Gasteiger partial charge in [0.05, 0.1) is 34.6 Å². The van der Waals surface area contributed by atoms with Crippen molar-refractivity contribution in [3.63, 3.8) is 0 Å². The number of benzene rings is 5. The lowest BCUT2D eigenvalue weighted by Gasteiger charge is -2.03. The fourth-order valence-corrected chi connectivity index (χ4v) is 5.39. The fraction of sp³-hybridized carbons (Fsp3) is 0.0625. The van der Waals surface area contributed by atoms with Gasteiger partial charge in [0, 0.05) is 0 Å². The van der Waals surface area contributed by atoms with Gasteiger partial charge in [-0.1, -0.05) is 60.7 Å². The summed E-state index contributed by atoms with van der Waals surface area (Å²) in [5.74, 6) is 0. The molecule has 182 valence electrons. The summed E-state index contributed by atoms with van der Waals surface area (Å²) in [4.78, 5) is 52.6. The highest BCUT2D eigenvalue weighted by Gasteiger charge is 2.17. The van der Waals surface area contributed by atoms with Crippen LogP contribution in [0.1, 0.15) is 11.1 Å². The van der Waals surface area contributed by atoms with Crippen LogP contribution in [0.15, 0.2) is 116 Å². The number of hydrogen-bond acceptors (Lipinski definition) is 4. The van der Waals surface area contributed by atoms with E-state index in [9.17, 15) is 19.2 Å². The Morgan fingerprint density at radius 1 is 0.395 bits per heavy atom. The first-order valence-electron chi connectivity index (χ1n) is 12.3. The first-order chi connectivity index (χ1) is 18.5. The number of nitrogens with zero attached hydrogens (tertiary/aromatic N) is 2. The molecule has 0 saturated carbocycles. The highest BCUT2D eigenvalue weighted by Crippen LogP contribution is 2.28. The van der Waals surface area contributed by atoms with Gasteiger partial charge in [-0.25, -0.2) is 0 Å². The Kier molecular flexibility index (Phi) is 4.78. The second kappa shape index (κ2) is 8.21. The summed E-state index contributed by atoms with van der Waals surface area (Å²) in [5.41, 5.74) is 0.485. The van der Waals surface area contributed by atoms with E-state index in [4.69, 9.17) is 0 Å². The van der Waals surface area contributed by atoms with Crippen molar-refractivity contribution in [2.45, 2.75) is 13.1 Å². The molecule has 0 aliphatic rings. The minimum atomic E-state index is -0.317. The molecule has 2 heterocycles. The van der Waals surface area contributed by atoms with E-state index in [1.807, 2.05) is 72.8 Å². The molecular weight excluding hydrogens is 476 g/mol. The van der Waals surface area contributed by atoms with Crippen LogP contribution in [0.5, 0.6) is 0 Å². The third-order valence-corrected chi connectivity index (χ3v) is 7.34. The first kappa shape index (κ1) is 22.1. The third-order valence-electron chi connectivity index (χ3n) is 7.34. The summed E-state index contributed by atoms with van der Waals surface area (Å²) in [6.45, 7) is 0.421. The van der Waals surface area contributed by atoms with Crippen molar-refractivity contribution < 1.29 is 0 Å². The molecule has 0 amide bonds. The predicted molar refractivity (Wildman–Crippen MR) is 151 cm³/mol. The smallest absolute Gasteiger partial charge is 0.261 e. The van der Waals surface area contributed by atoms with Crippen molar-refractivity contribution in [3.8, 4) is 0 Å². The molecule has 7 aromatic rings. The molecule has 6 heteroatoms. The van der Waals surface area contributed by atoms with E-state index in [1.165, 1.54) is 9.13 Å². The van der Waals surface area contributed by atoms with E-state index in [2.05, 4.69) is 0 Å². The van der Waals surface area contributed by atoms with Gasteiger partial charge in [-0.3, -0.25) is 28.3 Å². The molecule has 0 bridgehead atoms. The molecule has 0 atom stereocenters. The molecule has 0 radical (unpaired) electrons. The van der Waals surface area contributed by atoms with Crippen molar-refractivity contribution in [1.29, 1.82) is 0 Å². The average Bonchev–Trinajstić information content (AvgIpc) is 3.30. The van der Waals surface area contributed by atoms with Crippen LogP contribution in [-0.2, 0) is 13.1 Å². The van der Waals surface area contributed by atoms with Gasteiger partial charge in [-0.05, 0) is 69.1 Å². The highest BCUT2D eigenvalue weighted by atomic mass is 16.2. The van der Waals surface area contributed by atoms with Crippen LogP contribution in [0.25, 0.3) is 43.1 Å². The Morgan fingerprint density at radius 3 is 0.974 bits per heavy atom. The number of hydrogen-bond donors (Lipinski definition) is 0. The van der Waals surface area contributed by atoms with E-state index in [1.54, 1.807) is 24.3 Å². The maximum absolute atomic E-state index is 13.2. The highest BCUT2D eigenvalue weighted by molar-refractivity contribution is 6.08. The summed E-state index contributed by atoms with van der Waals surface area (Å²) in [7, 11) is 0. The second-order valence-electron chi connectivity index (χ2n) is 9.71. The largest absolute Gasteiger partial charge is 0.270 e. The van der Waals surface area contributed by atoms with Gasteiger partial charge in [-0.15, -0.1) is 0 Å². The number of aromatic nitrogens is 2. The maximum Gasteiger partial charge on any atom is 0.261 e. The Labute approximate surface area is 214 Å². The van der Waals surface area contributed by atoms with Crippen molar-refractivity contribution in [1.82, 2.24) is 9.13 Å². The van der Waals surface area contributed by atoms with Crippen LogP contribution in [0.3, 0.4) is 0 Å². The third kappa shape index (κ3) is 3.34. The lowest BCUT2D eigenvalue weighted by Crippen LogP contribution is -2.25. The van der Waals surface area contributed by atoms with Gasteiger partial charge in [0.2, 0.25) is 0 Å². The molecule has 7 rings (SSSR count). The maximum atomic E-state index is 13.2. The Bertz CT molecular complexity index is 1980. The fourth-order valence-electron chi connectivity index (χ4n) is 5.39. The molecule has 2 aromatic heterocycles. The van der Waals surface area contributed by atoms with E-state index >= 15 is 0 Å². The van der Waals surface area contributed by atoms with Crippen LogP contribution < -0.4 is 22.2 Å². The average molecular weight is 497 g/mol. The summed E-state index contributed by atoms with van der Waals surface area (Å²) in [5, 5.41) is 4.65. The molecule has 0 aliphatic carbocycles. The van der Waals surface area contributed by atoms with Crippen molar-refractivity contribution >= 4 is 43.1 Å². The first-order valence-corrected chi connectivity index (χ1v) is 12.3. The van der Waals surface area contributed by atoms with E-state index in [-0.39, 0.29) is 35.3 Å². The number of fused-ring (bicyclic) bond motifs is 4. The summed E-state index contributed by atoms with van der Waals surface area (Å²) in [6.07, 6.45) is 0. The van der Waals surface area contributed by atoms with Crippen molar-refractivity contribution in [2.75, 3.05) is 0 Å². The zero-order chi connectivity index (χ0) is 26.0. The Hall–Kier alpha value is -5.10. The monoisotopic (exact) mass is 496 g/mol. The lowest BCUT2D eigenvalue weighted by atomic mass is 10.00. The zero-order valence-corrected chi connectivity index (χ0v) is 20.2. The molecular formula is C32H20N2O4. The van der Waals surface area contributed by atoms with E-state index in [0.717, 1.165) is 32.7 Å². The molecule has 0 spiro atoms. The lowest BCUT2D eigenvalue weighted by molar-refractivity contribution is 0.755. The van der Waals surface area contributed by atoms with Crippen molar-refractivity contribution in [3.05, 3.63) is 150 Å². The summed E-state index contributed by atoms with van der Waals surface area (Å²) >= 11 is 0. The van der Waals surface area contributed by atoms with Gasteiger partial charge < -0.3 is 0 Å². The SMILES string of the molecule is O=c1c2cc3cc4cc5c(=O)n(Cc6ccccc6)c(=O)c5cc4cc3cc2c(=O)n1Cc1ccccc1. The van der Waals surface area contributed by atoms with Gasteiger partial charge in [-0.2, -0.15) is 0 Å². The van der Waals surface area contributed by atoms with Crippen LogP contribution in [0, 0.1) is 0 Å². The van der Waals surface area contributed by atoms with Gasteiger partial charge >= 0.3 is 0 Å². The van der Waals surface area contributed by atoms with Crippen LogP contribution >= 0.6 is 0 Å². The normalized spacial score (nSPS) is 11.8. The van der Waals surface area contributed by atoms with Crippen LogP contribution in [0.2, 0.25) is 0 Å². The minimum absolute atomic E-state index is 0.210. The molecule has 0 saturated heterocycles. The zero-order valence-electron chi connectivity index (χ0n) is 20.2. The van der Waals surface area contributed by atoms with Crippen LogP contribution in [0.4, 0.5) is 0 Å². The predicted octanol–water partition coefficient (Wildman–Crippen LogP) is 4.32. The minimum Gasteiger partial charge on any atom is -0.270 e. The van der Waals surface area contributed by atoms with Gasteiger partial charge in [0.1, 0.15) is 0 Å². The molecule has 38 heavy (non-hydrogen) atoms. The van der Waals surface area contributed by atoms with Crippen molar-refractivity contribution in [2.24, 2.45) is 0 Å². The second-order valence-corrected chi connectivity index (χ2v) is 9.71. The standard InChI is InChI=1S/C32H20N2O4/c35-29-25-13-21-11-23-15-27-28(32(38)34(31(27)37)18-20-9-5-2-6-10-20)16-24(23)12-22(21)14-26(25)30(36)33(29)17-19-7-3-1-4-8-19/h1-16H,17-18H2. The molecule has 0 N–H and O–H groups in total. The van der Waals surface area contributed by atoms with Gasteiger partial charge in [0.15, 0.2) is 0 Å². The molecule has 0 aliphatic heterocycles. The summed E-state index contributed by atoms with van der Waals surface area (Å²) < 4.78 is 2.54. The molecule has 0 fully saturated rings. The molecule has 6 nitrogen and oxygen atoms in total. The Morgan fingerprint density at radius 2 is 0.684 bits per heavy atom. The van der Waals surface area contributed by atoms with E-state index < -0.39 is 0 Å². The van der Waals surface area contributed by atoms with E-state index in [0.29, 0.717) is 21.5 Å². The quantitative estimate of drug-likeness (QED) is 0.340. The van der Waals surface area contributed by atoms with Crippen LogP contribution in [-0.4, -0.2) is 9.13 Å². The number of rotatable bonds is 4. The summed E-state index contributed by atoms with van der Waals surface area (Å²) in [6, 6.07) is 29.6. The topological polar surface area (TPSA) is 78.1 Å².